The quantitative estimate of drug-likeness (QED) is 0.161. The van der Waals surface area contributed by atoms with Gasteiger partial charge in [0.1, 0.15) is 22.3 Å². The summed E-state index contributed by atoms with van der Waals surface area (Å²) in [5.74, 6) is 0. The average molecular weight is 939 g/mol. The normalized spacial score (nSPS) is 12.1. The van der Waals surface area contributed by atoms with E-state index in [2.05, 4.69) is 243 Å². The summed E-state index contributed by atoms with van der Waals surface area (Å²) in [6, 6.07) is 93.8. The van der Waals surface area contributed by atoms with Gasteiger partial charge in [-0.2, -0.15) is 0 Å². The summed E-state index contributed by atoms with van der Waals surface area (Å²) in [6.07, 6.45) is 0. The Labute approximate surface area is 425 Å². The van der Waals surface area contributed by atoms with Crippen LogP contribution >= 0.6 is 0 Å². The Morgan fingerprint density at radius 1 is 0.176 bits per heavy atom. The van der Waals surface area contributed by atoms with Crippen LogP contribution in [-0.4, -0.2) is 0 Å². The van der Waals surface area contributed by atoms with Gasteiger partial charge in [-0.25, -0.2) is 0 Å². The molecular weight excluding hydrogens is 897 g/mol. The Morgan fingerprint density at radius 2 is 0.486 bits per heavy atom. The van der Waals surface area contributed by atoms with Crippen molar-refractivity contribution in [3.05, 3.63) is 255 Å². The predicted molar refractivity (Wildman–Crippen MR) is 313 cm³/mol. The second kappa shape index (κ2) is 15.9. The summed E-state index contributed by atoms with van der Waals surface area (Å²) >= 11 is 0. The van der Waals surface area contributed by atoms with E-state index < -0.39 is 0 Å². The van der Waals surface area contributed by atoms with Gasteiger partial charge in [0.15, 0.2) is 0 Å². The summed E-state index contributed by atoms with van der Waals surface area (Å²) in [5.41, 5.74) is 15.4. The molecule has 16 rings (SSSR count). The van der Waals surface area contributed by atoms with E-state index in [0.29, 0.717) is 0 Å². The number of furan rings is 2. The van der Waals surface area contributed by atoms with Gasteiger partial charge in [-0.05, 0) is 181 Å². The number of fused-ring (bicyclic) bond motifs is 12. The smallest absolute Gasteiger partial charge is 0.135 e. The number of hydrogen-bond donors (Lipinski definition) is 0. The van der Waals surface area contributed by atoms with Crippen LogP contribution in [0.15, 0.2) is 264 Å². The van der Waals surface area contributed by atoms with Crippen LogP contribution in [0.4, 0.5) is 0 Å². The van der Waals surface area contributed by atoms with Crippen molar-refractivity contribution in [3.8, 4) is 55.6 Å². The van der Waals surface area contributed by atoms with Crippen LogP contribution in [0.25, 0.3) is 164 Å². The Hall–Kier alpha value is -9.76. The second-order valence-corrected chi connectivity index (χ2v) is 19.8. The highest BCUT2D eigenvalue weighted by Gasteiger charge is 2.23. The monoisotopic (exact) mass is 938 g/mol. The minimum Gasteiger partial charge on any atom is -0.456 e. The number of benzene rings is 14. The van der Waals surface area contributed by atoms with Crippen molar-refractivity contribution in [2.24, 2.45) is 0 Å². The lowest BCUT2D eigenvalue weighted by Crippen LogP contribution is -1.94. The Morgan fingerprint density at radius 3 is 0.892 bits per heavy atom. The summed E-state index contributed by atoms with van der Waals surface area (Å²) in [7, 11) is 0. The maximum Gasteiger partial charge on any atom is 0.135 e. The zero-order chi connectivity index (χ0) is 48.4. The highest BCUT2D eigenvalue weighted by atomic mass is 16.3. The Bertz CT molecular complexity index is 4720. The molecule has 0 aliphatic heterocycles. The van der Waals surface area contributed by atoms with Gasteiger partial charge in [0, 0.05) is 21.5 Å². The van der Waals surface area contributed by atoms with E-state index in [-0.39, 0.29) is 0 Å². The summed E-state index contributed by atoms with van der Waals surface area (Å²) in [6.45, 7) is 0. The van der Waals surface area contributed by atoms with E-state index in [9.17, 15) is 0 Å². The summed E-state index contributed by atoms with van der Waals surface area (Å²) < 4.78 is 12.8. The predicted octanol–water partition coefficient (Wildman–Crippen LogP) is 20.7. The molecular formula is C72H42O2. The van der Waals surface area contributed by atoms with Crippen LogP contribution in [0.1, 0.15) is 0 Å². The third-order valence-corrected chi connectivity index (χ3v) is 15.8. The lowest BCUT2D eigenvalue weighted by atomic mass is 9.81. The van der Waals surface area contributed by atoms with E-state index in [1.165, 1.54) is 109 Å². The van der Waals surface area contributed by atoms with Crippen molar-refractivity contribution in [2.45, 2.75) is 0 Å². The molecule has 0 N–H and O–H groups in total. The number of rotatable bonds is 5. The van der Waals surface area contributed by atoms with E-state index >= 15 is 0 Å². The van der Waals surface area contributed by atoms with Gasteiger partial charge in [-0.1, -0.05) is 194 Å². The van der Waals surface area contributed by atoms with Gasteiger partial charge in [-0.3, -0.25) is 0 Å². The van der Waals surface area contributed by atoms with Gasteiger partial charge in [0.25, 0.3) is 0 Å². The van der Waals surface area contributed by atoms with Gasteiger partial charge in [0.05, 0.1) is 0 Å². The van der Waals surface area contributed by atoms with E-state index in [1.807, 2.05) is 12.1 Å². The molecule has 2 aromatic heterocycles. The van der Waals surface area contributed by atoms with Crippen molar-refractivity contribution in [2.75, 3.05) is 0 Å². The highest BCUT2D eigenvalue weighted by molar-refractivity contribution is 6.28. The van der Waals surface area contributed by atoms with Crippen LogP contribution in [0.5, 0.6) is 0 Å². The van der Waals surface area contributed by atoms with Crippen LogP contribution in [0.2, 0.25) is 0 Å². The molecule has 2 nitrogen and oxygen atoms in total. The lowest BCUT2D eigenvalue weighted by Gasteiger charge is -2.22. The molecule has 0 radical (unpaired) electrons. The molecule has 0 spiro atoms. The fraction of sp³-hybridized carbons (Fsp3) is 0. The molecule has 0 atom stereocenters. The van der Waals surface area contributed by atoms with Crippen LogP contribution < -0.4 is 0 Å². The standard InChI is InChI=1S/C72H42O2/c1-3-15-45-37-47(31-29-43(45)13-1)51-19-9-23-57-61(51)41-62-52(48-32-30-44-14-2-4-16-46(44)38-48)20-10-24-58(62)71(57)72-59-25-11-21-53(49-33-35-69-65(39-49)55-17-5-7-27-67(55)73-69)63(59)42-64-54(22-12-26-60(64)72)50-34-36-70-66(40-50)56-18-6-8-28-68(56)74-70/h1-42H. The first-order valence-corrected chi connectivity index (χ1v) is 25.5. The number of para-hydroxylation sites is 2. The molecule has 0 bridgehead atoms. The third-order valence-electron chi connectivity index (χ3n) is 15.8. The maximum absolute atomic E-state index is 6.38. The first kappa shape index (κ1) is 40.9. The van der Waals surface area contributed by atoms with Gasteiger partial charge < -0.3 is 8.83 Å². The van der Waals surface area contributed by atoms with Crippen molar-refractivity contribution in [1.29, 1.82) is 0 Å². The highest BCUT2D eigenvalue weighted by Crippen LogP contribution is 2.50. The van der Waals surface area contributed by atoms with Crippen LogP contribution in [0, 0.1) is 0 Å². The first-order valence-electron chi connectivity index (χ1n) is 25.5. The topological polar surface area (TPSA) is 26.3 Å². The van der Waals surface area contributed by atoms with Gasteiger partial charge >= 0.3 is 0 Å². The van der Waals surface area contributed by atoms with Crippen molar-refractivity contribution in [1.82, 2.24) is 0 Å². The molecule has 74 heavy (non-hydrogen) atoms. The van der Waals surface area contributed by atoms with Crippen molar-refractivity contribution >= 4 is 109 Å². The van der Waals surface area contributed by atoms with Gasteiger partial charge in [0.2, 0.25) is 0 Å². The zero-order valence-electron chi connectivity index (χ0n) is 40.1. The lowest BCUT2D eigenvalue weighted by molar-refractivity contribution is 0.668. The van der Waals surface area contributed by atoms with E-state index in [0.717, 1.165) is 55.0 Å². The molecule has 0 saturated carbocycles. The Balaban J connectivity index is 1.05. The third kappa shape index (κ3) is 6.19. The van der Waals surface area contributed by atoms with E-state index in [1.54, 1.807) is 0 Å². The summed E-state index contributed by atoms with van der Waals surface area (Å²) in [4.78, 5) is 0. The van der Waals surface area contributed by atoms with Gasteiger partial charge in [-0.15, -0.1) is 0 Å². The number of hydrogen-bond acceptors (Lipinski definition) is 2. The molecule has 0 unspecified atom stereocenters. The molecule has 0 amide bonds. The van der Waals surface area contributed by atoms with Crippen molar-refractivity contribution in [3.63, 3.8) is 0 Å². The zero-order valence-corrected chi connectivity index (χ0v) is 40.1. The minimum atomic E-state index is 0.887. The largest absolute Gasteiger partial charge is 0.456 e. The molecule has 0 saturated heterocycles. The molecule has 2 heterocycles. The summed E-state index contributed by atoms with van der Waals surface area (Å²) in [5, 5.41) is 19.0. The SMILES string of the molecule is c1ccc2cc(-c3cccc4c(-c5c6cccc(-c7ccc8oc9ccccc9c8c7)c6cc6c(-c7ccc8oc9ccccc9c8c7)cccc56)c5cccc(-c6ccc7ccccc7c6)c5cc34)ccc2c1. The fourth-order valence-electron chi connectivity index (χ4n) is 12.4. The minimum absolute atomic E-state index is 0.887. The molecule has 16 aromatic rings. The molecule has 0 aliphatic carbocycles. The van der Waals surface area contributed by atoms with Crippen LogP contribution in [0.3, 0.4) is 0 Å². The molecule has 0 fully saturated rings. The molecule has 14 aromatic carbocycles. The fourth-order valence-corrected chi connectivity index (χ4v) is 12.4. The second-order valence-electron chi connectivity index (χ2n) is 19.8. The molecule has 2 heteroatoms. The molecule has 342 valence electrons. The maximum atomic E-state index is 6.38. The van der Waals surface area contributed by atoms with E-state index in [4.69, 9.17) is 8.83 Å². The Kier molecular flexibility index (Phi) is 8.78. The first-order chi connectivity index (χ1) is 36.7. The van der Waals surface area contributed by atoms with Crippen LogP contribution in [-0.2, 0) is 0 Å². The average Bonchev–Trinajstić information content (AvgIpc) is 4.04. The molecule has 0 aliphatic rings. The van der Waals surface area contributed by atoms with Crippen molar-refractivity contribution < 1.29 is 8.83 Å².